The maximum atomic E-state index is 14.4. The molecule has 1 aliphatic rings. The van der Waals surface area contributed by atoms with Gasteiger partial charge in [-0.1, -0.05) is 98.3 Å². The molecule has 1 fully saturated rings. The molecule has 3 N–H and O–H groups in total. The van der Waals surface area contributed by atoms with E-state index in [4.69, 9.17) is 4.74 Å². The predicted molar refractivity (Wildman–Crippen MR) is 157 cm³/mol. The van der Waals surface area contributed by atoms with Gasteiger partial charge in [0.2, 0.25) is 0 Å². The molecular formula is C34H44F2O5. The fourth-order valence-electron chi connectivity index (χ4n) is 5.45. The predicted octanol–water partition coefficient (Wildman–Crippen LogP) is 6.98. The highest BCUT2D eigenvalue weighted by Gasteiger charge is 2.42. The van der Waals surface area contributed by atoms with Gasteiger partial charge >= 0.3 is 5.97 Å². The molecule has 2 aromatic carbocycles. The third kappa shape index (κ3) is 10.5. The first kappa shape index (κ1) is 32.6. The monoisotopic (exact) mass is 570 g/mol. The molecule has 0 spiro atoms. The van der Waals surface area contributed by atoms with Gasteiger partial charge in [-0.05, 0) is 49.1 Å². The highest BCUT2D eigenvalue weighted by atomic mass is 19.3. The minimum Gasteiger partial charge on any atom is -0.481 e. The molecule has 0 saturated heterocycles. The van der Waals surface area contributed by atoms with Crippen molar-refractivity contribution in [3.63, 3.8) is 0 Å². The number of hydrogen-bond acceptors (Lipinski definition) is 4. The normalized spacial score (nSPS) is 22.9. The zero-order valence-electron chi connectivity index (χ0n) is 23.8. The molecule has 0 heterocycles. The van der Waals surface area contributed by atoms with E-state index in [0.29, 0.717) is 51.6 Å². The van der Waals surface area contributed by atoms with Crippen LogP contribution in [0.4, 0.5) is 8.78 Å². The number of aliphatic hydroxyl groups is 2. The Morgan fingerprint density at radius 3 is 2.37 bits per heavy atom. The maximum Gasteiger partial charge on any atom is 0.306 e. The molecule has 5 nitrogen and oxygen atoms in total. The second-order valence-corrected chi connectivity index (χ2v) is 11.1. The van der Waals surface area contributed by atoms with Gasteiger partial charge in [0.15, 0.2) is 0 Å². The largest absolute Gasteiger partial charge is 0.481 e. The lowest BCUT2D eigenvalue weighted by molar-refractivity contribution is -0.141. The third-order valence-electron chi connectivity index (χ3n) is 7.94. The molecule has 41 heavy (non-hydrogen) atoms. The molecular weight excluding hydrogens is 526 g/mol. The number of ether oxygens (including phenoxy) is 1. The lowest BCUT2D eigenvalue weighted by Gasteiger charge is -2.24. The van der Waals surface area contributed by atoms with Gasteiger partial charge in [-0.2, -0.15) is 0 Å². The number of hydrogen-bond donors (Lipinski definition) is 3. The molecule has 2 aromatic rings. The number of allylic oxidation sites excluding steroid dienone is 2. The van der Waals surface area contributed by atoms with Crippen molar-refractivity contribution >= 4 is 5.97 Å². The van der Waals surface area contributed by atoms with E-state index in [-0.39, 0.29) is 18.3 Å². The van der Waals surface area contributed by atoms with E-state index < -0.39 is 36.1 Å². The smallest absolute Gasteiger partial charge is 0.306 e. The number of benzene rings is 2. The summed E-state index contributed by atoms with van der Waals surface area (Å²) in [5.74, 6) is -5.19. The fourth-order valence-corrected chi connectivity index (χ4v) is 5.45. The Labute approximate surface area is 242 Å². The number of halogens is 2. The fraction of sp³-hybridized carbons (Fsp3) is 0.500. The quantitative estimate of drug-likeness (QED) is 0.179. The number of alkyl halides is 2. The average molecular weight is 571 g/mol. The number of aliphatic carboxylic acids is 1. The molecule has 1 saturated carbocycles. The Kier molecular flexibility index (Phi) is 13.2. The number of unbranched alkanes of at least 4 members (excludes halogenated alkanes) is 1. The summed E-state index contributed by atoms with van der Waals surface area (Å²) in [5, 5.41) is 30.8. The second-order valence-electron chi connectivity index (χ2n) is 11.1. The summed E-state index contributed by atoms with van der Waals surface area (Å²) in [6.07, 6.45) is 6.55. The van der Waals surface area contributed by atoms with E-state index in [1.54, 1.807) is 6.08 Å². The van der Waals surface area contributed by atoms with Crippen LogP contribution in [0.2, 0.25) is 0 Å². The Balaban J connectivity index is 1.64. The number of rotatable bonds is 17. The van der Waals surface area contributed by atoms with Crippen molar-refractivity contribution in [3.05, 3.63) is 96.1 Å². The first-order valence-corrected chi connectivity index (χ1v) is 14.7. The van der Waals surface area contributed by atoms with E-state index in [1.807, 2.05) is 79.7 Å². The molecule has 2 unspecified atom stereocenters. The minimum atomic E-state index is -3.22. The van der Waals surface area contributed by atoms with E-state index in [1.165, 1.54) is 0 Å². The van der Waals surface area contributed by atoms with E-state index >= 15 is 0 Å². The van der Waals surface area contributed by atoms with Crippen LogP contribution < -0.4 is 0 Å². The summed E-state index contributed by atoms with van der Waals surface area (Å²) in [4.78, 5) is 11.8. The van der Waals surface area contributed by atoms with Crippen LogP contribution in [-0.4, -0.2) is 45.5 Å². The lowest BCUT2D eigenvalue weighted by atomic mass is 9.89. The van der Waals surface area contributed by atoms with Crippen LogP contribution in [0.1, 0.15) is 63.0 Å². The van der Waals surface area contributed by atoms with Gasteiger partial charge in [-0.3, -0.25) is 4.79 Å². The van der Waals surface area contributed by atoms with Crippen molar-refractivity contribution in [2.24, 2.45) is 17.8 Å². The number of carboxylic acid groups (broad SMARTS) is 1. The first-order valence-electron chi connectivity index (χ1n) is 14.7. The molecule has 0 aromatic heterocycles. The van der Waals surface area contributed by atoms with Crippen molar-refractivity contribution < 1.29 is 33.6 Å². The Morgan fingerprint density at radius 1 is 1.07 bits per heavy atom. The summed E-state index contributed by atoms with van der Waals surface area (Å²) >= 11 is 0. The van der Waals surface area contributed by atoms with Crippen LogP contribution in [0, 0.1) is 17.8 Å². The molecule has 0 radical (unpaired) electrons. The zero-order valence-corrected chi connectivity index (χ0v) is 23.8. The van der Waals surface area contributed by atoms with Crippen LogP contribution >= 0.6 is 0 Å². The molecule has 3 rings (SSSR count). The average Bonchev–Trinajstić information content (AvgIpc) is 3.27. The van der Waals surface area contributed by atoms with E-state index in [2.05, 4.69) is 0 Å². The SMILES string of the molecule is CCCCC(F)(F)C(O)C=C[C@@H]1[C@@H](CC=CCCC(Cc2ccccc2)C(=O)O)[C@@H](O)C[C@H]1OCc1ccccc1. The highest BCUT2D eigenvalue weighted by Crippen LogP contribution is 2.39. The van der Waals surface area contributed by atoms with Crippen LogP contribution in [0.25, 0.3) is 0 Å². The van der Waals surface area contributed by atoms with E-state index in [9.17, 15) is 28.9 Å². The molecule has 6 atom stereocenters. The number of aliphatic hydroxyl groups excluding tert-OH is 2. The maximum absolute atomic E-state index is 14.4. The topological polar surface area (TPSA) is 87.0 Å². The Bertz CT molecular complexity index is 1090. The first-order chi connectivity index (χ1) is 19.7. The standard InChI is InChI=1S/C34H44F2O5/c1-2-3-21-34(35,36)32(38)20-19-29-28(30(37)23-31(29)41-24-26-15-9-5-10-16-26)18-12-6-11-17-27(33(39)40)22-25-13-7-4-8-14-25/h4-10,12-16,19-20,27-32,37-38H,2-3,11,17-18,21-24H2,1H3,(H,39,40)/t27?,28-,29-,30+,31-,32?/m1/s1. The van der Waals surface area contributed by atoms with Gasteiger partial charge in [-0.25, -0.2) is 8.78 Å². The van der Waals surface area contributed by atoms with E-state index in [0.717, 1.165) is 17.2 Å². The van der Waals surface area contributed by atoms with Crippen LogP contribution in [-0.2, 0) is 22.6 Å². The molecule has 0 amide bonds. The molecule has 0 bridgehead atoms. The minimum absolute atomic E-state index is 0.278. The van der Waals surface area contributed by atoms with Gasteiger partial charge in [0.25, 0.3) is 5.92 Å². The lowest BCUT2D eigenvalue weighted by Crippen LogP contribution is -2.32. The van der Waals surface area contributed by atoms with Crippen molar-refractivity contribution in [2.45, 2.75) is 89.1 Å². The van der Waals surface area contributed by atoms with Crippen molar-refractivity contribution in [1.82, 2.24) is 0 Å². The van der Waals surface area contributed by atoms with Crippen molar-refractivity contribution in [1.29, 1.82) is 0 Å². The Hall–Kier alpha value is -2.87. The van der Waals surface area contributed by atoms with Crippen LogP contribution in [0.5, 0.6) is 0 Å². The van der Waals surface area contributed by atoms with Crippen LogP contribution in [0.15, 0.2) is 85.0 Å². The van der Waals surface area contributed by atoms with Gasteiger partial charge in [0.1, 0.15) is 6.10 Å². The summed E-state index contributed by atoms with van der Waals surface area (Å²) in [5.41, 5.74) is 1.96. The van der Waals surface area contributed by atoms with Crippen LogP contribution in [0.3, 0.4) is 0 Å². The second kappa shape index (κ2) is 16.5. The third-order valence-corrected chi connectivity index (χ3v) is 7.94. The van der Waals surface area contributed by atoms with Gasteiger partial charge in [-0.15, -0.1) is 0 Å². The molecule has 0 aliphatic heterocycles. The molecule has 1 aliphatic carbocycles. The molecule has 224 valence electrons. The van der Waals surface area contributed by atoms with Crippen molar-refractivity contribution in [2.75, 3.05) is 0 Å². The van der Waals surface area contributed by atoms with Crippen molar-refractivity contribution in [3.8, 4) is 0 Å². The number of carbonyl (C=O) groups is 1. The van der Waals surface area contributed by atoms with Gasteiger partial charge in [0, 0.05) is 18.8 Å². The number of carboxylic acids is 1. The summed E-state index contributed by atoms with van der Waals surface area (Å²) < 4.78 is 35.0. The summed E-state index contributed by atoms with van der Waals surface area (Å²) in [7, 11) is 0. The summed E-state index contributed by atoms with van der Waals surface area (Å²) in [6.45, 7) is 2.16. The summed E-state index contributed by atoms with van der Waals surface area (Å²) in [6, 6.07) is 19.2. The van der Waals surface area contributed by atoms with Gasteiger partial charge < -0.3 is 20.1 Å². The zero-order chi connectivity index (χ0) is 29.7. The molecule has 7 heteroatoms. The Morgan fingerprint density at radius 2 is 1.73 bits per heavy atom. The van der Waals surface area contributed by atoms with Gasteiger partial charge in [0.05, 0.1) is 24.7 Å². The highest BCUT2D eigenvalue weighted by molar-refractivity contribution is 5.70.